The summed E-state index contributed by atoms with van der Waals surface area (Å²) < 4.78 is 8.11. The van der Waals surface area contributed by atoms with E-state index in [1.807, 2.05) is 39.2 Å². The molecule has 3 aromatic rings. The molecule has 0 unspecified atom stereocenters. The van der Waals surface area contributed by atoms with Crippen molar-refractivity contribution >= 4 is 17.3 Å². The molecule has 3 heterocycles. The summed E-state index contributed by atoms with van der Waals surface area (Å²) in [7, 11) is 0. The number of rotatable bonds is 5. The van der Waals surface area contributed by atoms with Crippen molar-refractivity contribution in [2.75, 3.05) is 0 Å². The summed E-state index contributed by atoms with van der Waals surface area (Å²) in [6.45, 7) is 10.2. The molecule has 10 nitrogen and oxygen atoms in total. The lowest BCUT2D eigenvalue weighted by Gasteiger charge is -2.46. The fourth-order valence-electron chi connectivity index (χ4n) is 4.02. The van der Waals surface area contributed by atoms with Gasteiger partial charge < -0.3 is 19.3 Å². The highest BCUT2D eigenvalue weighted by Gasteiger charge is 2.42. The van der Waals surface area contributed by atoms with Gasteiger partial charge in [0.1, 0.15) is 24.1 Å². The molecule has 1 amide bonds. The number of amides is 1. The van der Waals surface area contributed by atoms with E-state index >= 15 is 0 Å². The van der Waals surface area contributed by atoms with Gasteiger partial charge in [0.05, 0.1) is 5.56 Å². The molecule has 0 atom stereocenters. The smallest absolute Gasteiger partial charge is 0.407 e. The van der Waals surface area contributed by atoms with E-state index in [0.29, 0.717) is 48.1 Å². The molecule has 10 heteroatoms. The third-order valence-corrected chi connectivity index (χ3v) is 5.50. The van der Waals surface area contributed by atoms with Crippen LogP contribution in [0.25, 0.3) is 22.6 Å². The van der Waals surface area contributed by atoms with Crippen LogP contribution in [0.2, 0.25) is 0 Å². The van der Waals surface area contributed by atoms with Crippen molar-refractivity contribution in [3.63, 3.8) is 0 Å². The second-order valence-electron chi connectivity index (χ2n) is 8.74. The van der Waals surface area contributed by atoms with E-state index < -0.39 is 11.6 Å². The molecular formula is C21H27N7O3. The molecule has 3 aromatic heterocycles. The van der Waals surface area contributed by atoms with Gasteiger partial charge in [0.2, 0.25) is 5.88 Å². The predicted octanol–water partition coefficient (Wildman–Crippen LogP) is 3.30. The molecule has 4 rings (SSSR count). The molecule has 0 aromatic carbocycles. The zero-order chi connectivity index (χ0) is 22.3. The molecule has 31 heavy (non-hydrogen) atoms. The highest BCUT2D eigenvalue weighted by Crippen LogP contribution is 2.35. The molecule has 0 saturated heterocycles. The number of carbonyl (C=O) groups is 1. The Morgan fingerprint density at radius 1 is 1.23 bits per heavy atom. The summed E-state index contributed by atoms with van der Waals surface area (Å²) in [6, 6.07) is -0.0757. The first-order valence-electron chi connectivity index (χ1n) is 10.4. The Kier molecular flexibility index (Phi) is 5.24. The molecule has 164 valence electrons. The van der Waals surface area contributed by atoms with Gasteiger partial charge in [-0.1, -0.05) is 0 Å². The van der Waals surface area contributed by atoms with Crippen molar-refractivity contribution in [3.05, 3.63) is 24.5 Å². The average Bonchev–Trinajstić information content (AvgIpc) is 3.05. The molecule has 1 N–H and O–H groups in total. The number of aryl methyl sites for hydroxylation is 2. The summed E-state index contributed by atoms with van der Waals surface area (Å²) in [5.74, 6) is 1.81. The van der Waals surface area contributed by atoms with E-state index in [9.17, 15) is 9.90 Å². The van der Waals surface area contributed by atoms with Gasteiger partial charge in [0.25, 0.3) is 0 Å². The SMILES string of the molecule is CCn1c(-c2cnc(C)nc2)nc2c(OC3CC(N(C(=O)O)C(C)(C)C)C3)ncnc21. The number of nitrogens with zero attached hydrogens (tertiary/aromatic N) is 7. The lowest BCUT2D eigenvalue weighted by molar-refractivity contribution is -0.0144. The summed E-state index contributed by atoms with van der Waals surface area (Å²) >= 11 is 0. The van der Waals surface area contributed by atoms with E-state index in [1.165, 1.54) is 11.2 Å². The molecule has 0 spiro atoms. The summed E-state index contributed by atoms with van der Waals surface area (Å²) in [4.78, 5) is 35.2. The highest BCUT2D eigenvalue weighted by molar-refractivity contribution is 5.81. The van der Waals surface area contributed by atoms with Crippen LogP contribution in [0.4, 0.5) is 4.79 Å². The molecule has 0 aliphatic heterocycles. The molecule has 1 fully saturated rings. The van der Waals surface area contributed by atoms with Gasteiger partial charge in [-0.3, -0.25) is 0 Å². The van der Waals surface area contributed by atoms with Crippen LogP contribution in [-0.2, 0) is 6.54 Å². The average molecular weight is 425 g/mol. The van der Waals surface area contributed by atoms with E-state index in [-0.39, 0.29) is 12.1 Å². The van der Waals surface area contributed by atoms with Crippen molar-refractivity contribution < 1.29 is 14.6 Å². The van der Waals surface area contributed by atoms with E-state index in [1.54, 1.807) is 12.4 Å². The normalized spacial score (nSPS) is 18.6. The van der Waals surface area contributed by atoms with Crippen molar-refractivity contribution in [1.29, 1.82) is 0 Å². The Balaban J connectivity index is 1.59. The number of ether oxygens (including phenoxy) is 1. The summed E-state index contributed by atoms with van der Waals surface area (Å²) in [6.07, 6.45) is 5.15. The van der Waals surface area contributed by atoms with Crippen molar-refractivity contribution in [3.8, 4) is 17.3 Å². The van der Waals surface area contributed by atoms with Crippen LogP contribution in [0.3, 0.4) is 0 Å². The van der Waals surface area contributed by atoms with Gasteiger partial charge in [-0.05, 0) is 34.6 Å². The minimum Gasteiger partial charge on any atom is -0.473 e. The molecule has 1 aliphatic rings. The maximum atomic E-state index is 11.7. The Morgan fingerprint density at radius 3 is 2.48 bits per heavy atom. The number of fused-ring (bicyclic) bond motifs is 1. The Bertz CT molecular complexity index is 1100. The third kappa shape index (κ3) is 3.89. The molecule has 1 aliphatic carbocycles. The zero-order valence-electron chi connectivity index (χ0n) is 18.4. The first-order valence-corrected chi connectivity index (χ1v) is 10.4. The standard InChI is InChI=1S/C21H27N7O3/c1-6-27-17(13-9-22-12(2)23-10-13)26-16-18(27)24-11-25-19(16)31-15-7-14(8-15)28(20(29)30)21(3,4)5/h9-11,14-15H,6-8H2,1-5H3,(H,29,30). The van der Waals surface area contributed by atoms with Gasteiger partial charge >= 0.3 is 6.09 Å². The third-order valence-electron chi connectivity index (χ3n) is 5.50. The second kappa shape index (κ2) is 7.75. The summed E-state index contributed by atoms with van der Waals surface area (Å²) in [5.41, 5.74) is 1.59. The van der Waals surface area contributed by atoms with Gasteiger partial charge in [0, 0.05) is 43.4 Å². The molecule has 0 radical (unpaired) electrons. The fourth-order valence-corrected chi connectivity index (χ4v) is 4.02. The minimum atomic E-state index is -0.910. The van der Waals surface area contributed by atoms with Crippen molar-refractivity contribution in [1.82, 2.24) is 34.4 Å². The summed E-state index contributed by atoms with van der Waals surface area (Å²) in [5, 5.41) is 9.59. The van der Waals surface area contributed by atoms with Crippen molar-refractivity contribution in [2.24, 2.45) is 0 Å². The number of hydrogen-bond donors (Lipinski definition) is 1. The maximum Gasteiger partial charge on any atom is 0.407 e. The van der Waals surface area contributed by atoms with Crippen molar-refractivity contribution in [2.45, 2.75) is 71.7 Å². The maximum absolute atomic E-state index is 11.7. The van der Waals surface area contributed by atoms with Gasteiger partial charge in [-0.2, -0.15) is 4.98 Å². The number of hydrogen-bond acceptors (Lipinski definition) is 7. The first-order chi connectivity index (χ1) is 14.7. The fraction of sp³-hybridized carbons (Fsp3) is 0.524. The number of imidazole rings is 1. The van der Waals surface area contributed by atoms with Crippen LogP contribution in [0.15, 0.2) is 18.7 Å². The molecule has 1 saturated carbocycles. The topological polar surface area (TPSA) is 119 Å². The lowest BCUT2D eigenvalue weighted by Crippen LogP contribution is -2.58. The van der Waals surface area contributed by atoms with Crippen LogP contribution in [0, 0.1) is 6.92 Å². The van der Waals surface area contributed by atoms with Crippen LogP contribution in [0.1, 0.15) is 46.4 Å². The first kappa shape index (κ1) is 21.0. The van der Waals surface area contributed by atoms with E-state index in [0.717, 1.165) is 5.56 Å². The largest absolute Gasteiger partial charge is 0.473 e. The predicted molar refractivity (Wildman–Crippen MR) is 114 cm³/mol. The van der Waals surface area contributed by atoms with Gasteiger partial charge in [-0.25, -0.2) is 24.7 Å². The quantitative estimate of drug-likeness (QED) is 0.661. The number of aromatic nitrogens is 6. The van der Waals surface area contributed by atoms with Crippen LogP contribution >= 0.6 is 0 Å². The van der Waals surface area contributed by atoms with Crippen LogP contribution < -0.4 is 4.74 Å². The Labute approximate surface area is 180 Å². The molecular weight excluding hydrogens is 398 g/mol. The van der Waals surface area contributed by atoms with Gasteiger partial charge in [-0.15, -0.1) is 0 Å². The van der Waals surface area contributed by atoms with Crippen LogP contribution in [0.5, 0.6) is 5.88 Å². The zero-order valence-corrected chi connectivity index (χ0v) is 18.4. The van der Waals surface area contributed by atoms with E-state index in [4.69, 9.17) is 9.72 Å². The van der Waals surface area contributed by atoms with Gasteiger partial charge in [0.15, 0.2) is 11.2 Å². The van der Waals surface area contributed by atoms with Crippen LogP contribution in [-0.4, -0.2) is 63.3 Å². The Hall–Kier alpha value is -3.30. The second-order valence-corrected chi connectivity index (χ2v) is 8.74. The Morgan fingerprint density at radius 2 is 1.90 bits per heavy atom. The monoisotopic (exact) mass is 425 g/mol. The molecule has 0 bridgehead atoms. The minimum absolute atomic E-state index is 0.0757. The van der Waals surface area contributed by atoms with E-state index in [2.05, 4.69) is 19.9 Å². The number of carboxylic acid groups (broad SMARTS) is 1. The highest BCUT2D eigenvalue weighted by atomic mass is 16.5. The lowest BCUT2D eigenvalue weighted by atomic mass is 9.85.